The number of nitro benzene ring substituents is 1. The second kappa shape index (κ2) is 6.85. The molecule has 0 atom stereocenters. The van der Waals surface area contributed by atoms with E-state index in [2.05, 4.69) is 16.0 Å². The minimum Gasteiger partial charge on any atom is -0.481 e. The van der Waals surface area contributed by atoms with Crippen molar-refractivity contribution in [2.75, 3.05) is 23.7 Å². The second-order valence-electron chi connectivity index (χ2n) is 4.86. The van der Waals surface area contributed by atoms with Crippen LogP contribution in [-0.2, 0) is 16.1 Å². The van der Waals surface area contributed by atoms with Crippen LogP contribution in [0.1, 0.15) is 18.4 Å². The number of nitro groups is 1. The van der Waals surface area contributed by atoms with Gasteiger partial charge in [-0.05, 0) is 18.5 Å². The van der Waals surface area contributed by atoms with Crippen LogP contribution in [0.4, 0.5) is 17.1 Å². The highest BCUT2D eigenvalue weighted by molar-refractivity contribution is 6.01. The Hall–Kier alpha value is -2.68. The second-order valence-corrected chi connectivity index (χ2v) is 4.86. The molecule has 118 valence electrons. The summed E-state index contributed by atoms with van der Waals surface area (Å²) in [6.07, 6.45) is 0.533. The molecule has 1 aromatic carbocycles. The number of carbonyl (C=O) groups excluding carboxylic acids is 1. The third-order valence-corrected chi connectivity index (χ3v) is 3.18. The van der Waals surface area contributed by atoms with E-state index < -0.39 is 10.9 Å². The van der Waals surface area contributed by atoms with Crippen molar-refractivity contribution in [1.82, 2.24) is 5.32 Å². The Bertz CT molecular complexity index is 617. The Morgan fingerprint density at radius 2 is 2.23 bits per heavy atom. The third-order valence-electron chi connectivity index (χ3n) is 3.18. The maximum absolute atomic E-state index is 11.4. The Labute approximate surface area is 125 Å². The minimum absolute atomic E-state index is 0.0638. The standard InChI is InChI=1S/C13H16N4O5/c18-11-7-15-13-8(6-14-3-1-2-12(19)20)4-9(17(21)22)5-10(13)16-11/h4-5,14-15H,1-3,6-7H2,(H,16,18)(H,19,20). The van der Waals surface area contributed by atoms with Gasteiger partial charge in [-0.2, -0.15) is 0 Å². The van der Waals surface area contributed by atoms with Crippen LogP contribution < -0.4 is 16.0 Å². The number of fused-ring (bicyclic) bond motifs is 1. The van der Waals surface area contributed by atoms with E-state index in [1.54, 1.807) is 0 Å². The first kappa shape index (κ1) is 15.7. The fourth-order valence-corrected chi connectivity index (χ4v) is 2.19. The number of carboxylic acid groups (broad SMARTS) is 1. The average Bonchev–Trinajstić information content (AvgIpc) is 2.45. The predicted octanol–water partition coefficient (Wildman–Crippen LogP) is 0.913. The monoisotopic (exact) mass is 308 g/mol. The van der Waals surface area contributed by atoms with E-state index in [0.717, 1.165) is 0 Å². The number of benzene rings is 1. The summed E-state index contributed by atoms with van der Waals surface area (Å²) in [5, 5.41) is 28.1. The highest BCUT2D eigenvalue weighted by Gasteiger charge is 2.21. The molecular formula is C13H16N4O5. The van der Waals surface area contributed by atoms with Gasteiger partial charge in [0.1, 0.15) is 0 Å². The molecule has 0 spiro atoms. The number of amides is 1. The molecule has 9 nitrogen and oxygen atoms in total. The molecule has 0 aliphatic carbocycles. The number of hydrogen-bond donors (Lipinski definition) is 4. The zero-order valence-electron chi connectivity index (χ0n) is 11.7. The molecule has 1 amide bonds. The van der Waals surface area contributed by atoms with Gasteiger partial charge >= 0.3 is 5.97 Å². The summed E-state index contributed by atoms with van der Waals surface area (Å²) in [7, 11) is 0. The first-order chi connectivity index (χ1) is 10.5. The van der Waals surface area contributed by atoms with Crippen molar-refractivity contribution in [2.45, 2.75) is 19.4 Å². The Morgan fingerprint density at radius 3 is 2.91 bits per heavy atom. The molecule has 2 rings (SSSR count). The number of nitrogens with one attached hydrogen (secondary N) is 3. The highest BCUT2D eigenvalue weighted by Crippen LogP contribution is 2.33. The molecule has 22 heavy (non-hydrogen) atoms. The number of non-ortho nitro benzene ring substituents is 1. The fraction of sp³-hybridized carbons (Fsp3) is 0.385. The van der Waals surface area contributed by atoms with Gasteiger partial charge in [0, 0.05) is 25.1 Å². The van der Waals surface area contributed by atoms with Gasteiger partial charge in [0.25, 0.3) is 5.69 Å². The molecule has 0 saturated carbocycles. The van der Waals surface area contributed by atoms with E-state index in [1.165, 1.54) is 12.1 Å². The number of nitrogens with zero attached hydrogens (tertiary/aromatic N) is 1. The molecule has 0 unspecified atom stereocenters. The topological polar surface area (TPSA) is 134 Å². The van der Waals surface area contributed by atoms with Crippen LogP contribution in [0.15, 0.2) is 12.1 Å². The van der Waals surface area contributed by atoms with Gasteiger partial charge in [-0.25, -0.2) is 0 Å². The number of anilines is 2. The van der Waals surface area contributed by atoms with Crippen LogP contribution in [0.25, 0.3) is 0 Å². The summed E-state index contributed by atoms with van der Waals surface area (Å²) in [6, 6.07) is 2.75. The number of carbonyl (C=O) groups is 2. The Balaban J connectivity index is 2.10. The average molecular weight is 308 g/mol. The summed E-state index contributed by atoms with van der Waals surface area (Å²) in [5.74, 6) is -1.12. The third kappa shape index (κ3) is 3.92. The summed E-state index contributed by atoms with van der Waals surface area (Å²) in [5.41, 5.74) is 1.58. The van der Waals surface area contributed by atoms with Gasteiger partial charge < -0.3 is 21.1 Å². The van der Waals surface area contributed by atoms with E-state index in [-0.39, 0.29) is 24.6 Å². The minimum atomic E-state index is -0.862. The molecule has 0 aromatic heterocycles. The molecule has 0 bridgehead atoms. The molecular weight excluding hydrogens is 292 g/mol. The van der Waals surface area contributed by atoms with Gasteiger partial charge in [0.2, 0.25) is 5.91 Å². The van der Waals surface area contributed by atoms with Gasteiger partial charge in [-0.3, -0.25) is 19.7 Å². The van der Waals surface area contributed by atoms with Crippen LogP contribution in [0, 0.1) is 10.1 Å². The highest BCUT2D eigenvalue weighted by atomic mass is 16.6. The fourth-order valence-electron chi connectivity index (χ4n) is 2.19. The molecule has 0 radical (unpaired) electrons. The predicted molar refractivity (Wildman–Crippen MR) is 78.8 cm³/mol. The zero-order valence-corrected chi connectivity index (χ0v) is 11.7. The Morgan fingerprint density at radius 1 is 1.45 bits per heavy atom. The summed E-state index contributed by atoms with van der Waals surface area (Å²) >= 11 is 0. The molecule has 0 saturated heterocycles. The first-order valence-electron chi connectivity index (χ1n) is 6.75. The number of rotatable bonds is 7. The van der Waals surface area contributed by atoms with Crippen LogP contribution in [0.3, 0.4) is 0 Å². The lowest BCUT2D eigenvalue weighted by atomic mass is 10.1. The number of hydrogen-bond acceptors (Lipinski definition) is 6. The van der Waals surface area contributed by atoms with Crippen LogP contribution in [0.2, 0.25) is 0 Å². The van der Waals surface area contributed by atoms with Crippen molar-refractivity contribution in [2.24, 2.45) is 0 Å². The Kier molecular flexibility index (Phi) is 4.89. The molecule has 0 fully saturated rings. The number of aliphatic carboxylic acids is 1. The van der Waals surface area contributed by atoms with Crippen molar-refractivity contribution >= 4 is 28.9 Å². The smallest absolute Gasteiger partial charge is 0.303 e. The van der Waals surface area contributed by atoms with Crippen molar-refractivity contribution < 1.29 is 19.6 Å². The van der Waals surface area contributed by atoms with E-state index in [4.69, 9.17) is 5.11 Å². The van der Waals surface area contributed by atoms with Crippen molar-refractivity contribution in [3.63, 3.8) is 0 Å². The summed E-state index contributed by atoms with van der Waals surface area (Å²) < 4.78 is 0. The van der Waals surface area contributed by atoms with Gasteiger partial charge in [0.15, 0.2) is 0 Å². The van der Waals surface area contributed by atoms with Crippen LogP contribution in [0.5, 0.6) is 0 Å². The SMILES string of the molecule is O=C(O)CCCNCc1cc([N+](=O)[O-])cc2c1NCC(=O)N2. The number of carboxylic acids is 1. The van der Waals surface area contributed by atoms with Crippen LogP contribution in [-0.4, -0.2) is 35.0 Å². The van der Waals surface area contributed by atoms with Crippen LogP contribution >= 0.6 is 0 Å². The summed E-state index contributed by atoms with van der Waals surface area (Å²) in [6.45, 7) is 0.930. The largest absolute Gasteiger partial charge is 0.481 e. The lowest BCUT2D eigenvalue weighted by molar-refractivity contribution is -0.384. The zero-order chi connectivity index (χ0) is 16.1. The lowest BCUT2D eigenvalue weighted by Crippen LogP contribution is -2.29. The van der Waals surface area contributed by atoms with E-state index in [0.29, 0.717) is 36.4 Å². The molecule has 9 heteroatoms. The normalized spacial score (nSPS) is 13.0. The molecule has 1 heterocycles. The quantitative estimate of drug-likeness (QED) is 0.334. The molecule has 1 aliphatic rings. The maximum Gasteiger partial charge on any atom is 0.303 e. The van der Waals surface area contributed by atoms with Gasteiger partial charge in [0.05, 0.1) is 22.8 Å². The van der Waals surface area contributed by atoms with Gasteiger partial charge in [-0.15, -0.1) is 0 Å². The molecule has 4 N–H and O–H groups in total. The van der Waals surface area contributed by atoms with E-state index in [9.17, 15) is 19.7 Å². The molecule has 1 aromatic rings. The first-order valence-corrected chi connectivity index (χ1v) is 6.75. The van der Waals surface area contributed by atoms with Crippen molar-refractivity contribution in [1.29, 1.82) is 0 Å². The lowest BCUT2D eigenvalue weighted by Gasteiger charge is -2.21. The van der Waals surface area contributed by atoms with Gasteiger partial charge in [-0.1, -0.05) is 0 Å². The van der Waals surface area contributed by atoms with Crippen molar-refractivity contribution in [3.8, 4) is 0 Å². The maximum atomic E-state index is 11.4. The van der Waals surface area contributed by atoms with E-state index >= 15 is 0 Å². The molecule has 1 aliphatic heterocycles. The van der Waals surface area contributed by atoms with Crippen molar-refractivity contribution in [3.05, 3.63) is 27.8 Å². The summed E-state index contributed by atoms with van der Waals surface area (Å²) in [4.78, 5) is 32.2. The van der Waals surface area contributed by atoms with E-state index in [1.807, 2.05) is 0 Å².